The maximum atomic E-state index is 11.3. The van der Waals surface area contributed by atoms with Crippen LogP contribution in [0, 0.1) is 5.92 Å². The molecule has 20 heavy (non-hydrogen) atoms. The third-order valence-corrected chi connectivity index (χ3v) is 2.87. The fourth-order valence-electron chi connectivity index (χ4n) is 2.19. The van der Waals surface area contributed by atoms with E-state index in [1.54, 1.807) is 32.6 Å². The number of hydrogen-bond donors (Lipinski definition) is 1. The molecule has 1 heterocycles. The molecule has 1 saturated heterocycles. The predicted molar refractivity (Wildman–Crippen MR) is 83.6 cm³/mol. The lowest BCUT2D eigenvalue weighted by atomic mass is 9.95. The quantitative estimate of drug-likeness (QED) is 0.849. The highest BCUT2D eigenvalue weighted by Gasteiger charge is 2.37. The Morgan fingerprint density at radius 3 is 1.85 bits per heavy atom. The summed E-state index contributed by atoms with van der Waals surface area (Å²) in [5.74, 6) is 0.525. The zero-order valence-corrected chi connectivity index (χ0v) is 14.5. The summed E-state index contributed by atoms with van der Waals surface area (Å²) in [4.78, 5) is 24.2. The van der Waals surface area contributed by atoms with Gasteiger partial charge >= 0.3 is 0 Å². The van der Waals surface area contributed by atoms with Crippen LogP contribution in [0.5, 0.6) is 0 Å². The van der Waals surface area contributed by atoms with Gasteiger partial charge in [0.15, 0.2) is 5.78 Å². The first kappa shape index (κ1) is 21.4. The third-order valence-electron chi connectivity index (χ3n) is 2.87. The number of ketones is 1. The van der Waals surface area contributed by atoms with E-state index in [-0.39, 0.29) is 17.7 Å². The van der Waals surface area contributed by atoms with Crippen LogP contribution >= 0.6 is 0 Å². The first-order valence-electron chi connectivity index (χ1n) is 7.58. The Morgan fingerprint density at radius 2 is 1.60 bits per heavy atom. The molecule has 0 radical (unpaired) electrons. The van der Waals surface area contributed by atoms with E-state index < -0.39 is 5.60 Å². The van der Waals surface area contributed by atoms with Crippen LogP contribution in [0.1, 0.15) is 68.2 Å². The lowest BCUT2D eigenvalue weighted by molar-refractivity contribution is -0.136. The monoisotopic (exact) mass is 287 g/mol. The van der Waals surface area contributed by atoms with Crippen molar-refractivity contribution in [2.75, 3.05) is 6.54 Å². The van der Waals surface area contributed by atoms with Gasteiger partial charge in [-0.2, -0.15) is 0 Å². The summed E-state index contributed by atoms with van der Waals surface area (Å²) >= 11 is 0. The van der Waals surface area contributed by atoms with Crippen LogP contribution in [0.4, 0.5) is 0 Å². The van der Waals surface area contributed by atoms with Gasteiger partial charge in [0.1, 0.15) is 0 Å². The van der Waals surface area contributed by atoms with Crippen LogP contribution in [0.2, 0.25) is 0 Å². The summed E-state index contributed by atoms with van der Waals surface area (Å²) in [6.45, 7) is 15.2. The molecule has 0 saturated carbocycles. The molecule has 0 aromatic rings. The zero-order valence-electron chi connectivity index (χ0n) is 14.5. The molecule has 0 spiro atoms. The number of Topliss-reactive ketones (excluding diaryl/α,β-unsaturated/α-hetero) is 1. The second-order valence-electron chi connectivity index (χ2n) is 5.90. The zero-order chi connectivity index (χ0) is 16.5. The number of hydrogen-bond acceptors (Lipinski definition) is 3. The van der Waals surface area contributed by atoms with E-state index >= 15 is 0 Å². The molecule has 0 aromatic carbocycles. The fourth-order valence-corrected chi connectivity index (χ4v) is 2.19. The molecule has 0 aromatic heterocycles. The van der Waals surface area contributed by atoms with Crippen molar-refractivity contribution in [2.24, 2.45) is 5.92 Å². The summed E-state index contributed by atoms with van der Waals surface area (Å²) < 4.78 is 0. The van der Waals surface area contributed by atoms with Crippen LogP contribution in [0.25, 0.3) is 0 Å². The number of rotatable bonds is 2. The van der Waals surface area contributed by atoms with Gasteiger partial charge in [0.05, 0.1) is 11.6 Å². The summed E-state index contributed by atoms with van der Waals surface area (Å²) in [5, 5.41) is 8.52. The lowest BCUT2D eigenvalue weighted by Crippen LogP contribution is -2.41. The molecule has 2 atom stereocenters. The summed E-state index contributed by atoms with van der Waals surface area (Å²) in [6.07, 6.45) is 1.95. The van der Waals surface area contributed by atoms with Gasteiger partial charge in [-0.3, -0.25) is 9.59 Å². The number of carbonyl (C=O) groups excluding carboxylic acids is 2. The molecule has 2 unspecified atom stereocenters. The van der Waals surface area contributed by atoms with Gasteiger partial charge < -0.3 is 10.0 Å². The van der Waals surface area contributed by atoms with Gasteiger partial charge in [-0.05, 0) is 40.0 Å². The molecular formula is C16H33NO3. The molecule has 1 aliphatic heterocycles. The minimum absolute atomic E-state index is 0.0242. The molecule has 0 bridgehead atoms. The van der Waals surface area contributed by atoms with Gasteiger partial charge in [-0.15, -0.1) is 0 Å². The van der Waals surface area contributed by atoms with Crippen LogP contribution in [0.15, 0.2) is 0 Å². The van der Waals surface area contributed by atoms with Crippen molar-refractivity contribution in [3.8, 4) is 0 Å². The fraction of sp³-hybridized carbons (Fsp3) is 0.875. The van der Waals surface area contributed by atoms with Crippen LogP contribution in [-0.4, -0.2) is 39.9 Å². The van der Waals surface area contributed by atoms with E-state index in [1.807, 2.05) is 13.8 Å². The van der Waals surface area contributed by atoms with Gasteiger partial charge in [0, 0.05) is 13.5 Å². The van der Waals surface area contributed by atoms with Crippen molar-refractivity contribution in [1.82, 2.24) is 4.90 Å². The highest BCUT2D eigenvalue weighted by Crippen LogP contribution is 2.27. The van der Waals surface area contributed by atoms with Crippen molar-refractivity contribution in [3.05, 3.63) is 0 Å². The van der Waals surface area contributed by atoms with E-state index in [4.69, 9.17) is 5.11 Å². The minimum Gasteiger partial charge on any atom is -0.391 e. The number of amides is 1. The Hall–Kier alpha value is -0.900. The van der Waals surface area contributed by atoms with Crippen LogP contribution in [0.3, 0.4) is 0 Å². The van der Waals surface area contributed by atoms with Gasteiger partial charge in [0.25, 0.3) is 0 Å². The van der Waals surface area contributed by atoms with Gasteiger partial charge in [-0.1, -0.05) is 27.2 Å². The molecule has 1 amide bonds. The van der Waals surface area contributed by atoms with Gasteiger partial charge in [0.2, 0.25) is 5.91 Å². The Kier molecular flexibility index (Phi) is 10.6. The first-order valence-corrected chi connectivity index (χ1v) is 7.58. The van der Waals surface area contributed by atoms with Crippen LogP contribution in [-0.2, 0) is 9.59 Å². The topological polar surface area (TPSA) is 57.6 Å². The molecule has 4 nitrogen and oxygen atoms in total. The maximum Gasteiger partial charge on any atom is 0.220 e. The summed E-state index contributed by atoms with van der Waals surface area (Å²) in [5.41, 5.74) is -0.500. The van der Waals surface area contributed by atoms with Crippen LogP contribution < -0.4 is 0 Å². The van der Waals surface area contributed by atoms with E-state index in [0.29, 0.717) is 5.92 Å². The normalized spacial score (nSPS) is 21.4. The maximum absolute atomic E-state index is 11.3. The highest BCUT2D eigenvalue weighted by molar-refractivity contribution is 5.87. The molecule has 1 fully saturated rings. The Balaban J connectivity index is 0. The Labute approximate surface area is 124 Å². The first-order chi connectivity index (χ1) is 9.07. The smallest absolute Gasteiger partial charge is 0.220 e. The standard InChI is InChI=1S/C10H17NO2.C4H10O.C2H6/c1-4-9-5-6-11(8(3)13)10(9)7(2)12;1-4(2,3)5;1-2/h9-10H,4-6H2,1-3H3;5H,1-3H3;1-2H3. The van der Waals surface area contributed by atoms with E-state index in [1.165, 1.54) is 6.92 Å². The van der Waals surface area contributed by atoms with Crippen molar-refractivity contribution in [2.45, 2.75) is 79.9 Å². The molecule has 4 heteroatoms. The van der Waals surface area contributed by atoms with Crippen molar-refractivity contribution >= 4 is 11.7 Å². The Bertz CT molecular complexity index is 289. The van der Waals surface area contributed by atoms with Crippen molar-refractivity contribution in [3.63, 3.8) is 0 Å². The second-order valence-corrected chi connectivity index (χ2v) is 5.90. The highest BCUT2D eigenvalue weighted by atomic mass is 16.3. The van der Waals surface area contributed by atoms with Crippen molar-refractivity contribution in [1.29, 1.82) is 0 Å². The molecule has 120 valence electrons. The summed E-state index contributed by atoms with van der Waals surface area (Å²) in [7, 11) is 0. The number of aliphatic hydroxyl groups is 1. The lowest BCUT2D eigenvalue weighted by Gasteiger charge is -2.24. The number of nitrogens with zero attached hydrogens (tertiary/aromatic N) is 1. The molecule has 0 aliphatic carbocycles. The van der Waals surface area contributed by atoms with E-state index in [0.717, 1.165) is 19.4 Å². The largest absolute Gasteiger partial charge is 0.391 e. The number of carbonyl (C=O) groups is 2. The molecule has 1 N–H and O–H groups in total. The summed E-state index contributed by atoms with van der Waals surface area (Å²) in [6, 6.07) is -0.150. The average Bonchev–Trinajstić information content (AvgIpc) is 2.73. The van der Waals surface area contributed by atoms with E-state index in [2.05, 4.69) is 6.92 Å². The SMILES string of the molecule is CC.CC(C)(C)O.CCC1CCN(C(C)=O)C1C(C)=O. The molecule has 1 rings (SSSR count). The second kappa shape index (κ2) is 9.92. The van der Waals surface area contributed by atoms with Crippen molar-refractivity contribution < 1.29 is 14.7 Å². The molecular weight excluding hydrogens is 254 g/mol. The average molecular weight is 287 g/mol. The predicted octanol–water partition coefficient (Wildman–Crippen LogP) is 3.03. The van der Waals surface area contributed by atoms with E-state index in [9.17, 15) is 9.59 Å². The Morgan fingerprint density at radius 1 is 1.20 bits per heavy atom. The molecule has 1 aliphatic rings. The minimum atomic E-state index is -0.500. The third kappa shape index (κ3) is 9.08. The number of likely N-dealkylation sites (tertiary alicyclic amines) is 1. The van der Waals surface area contributed by atoms with Gasteiger partial charge in [-0.25, -0.2) is 0 Å².